The van der Waals surface area contributed by atoms with Crippen LogP contribution in [0.3, 0.4) is 0 Å². The molecule has 4 heterocycles. The summed E-state index contributed by atoms with van der Waals surface area (Å²) in [5.74, 6) is -0.0361. The second-order valence-corrected chi connectivity index (χ2v) is 13.6. The van der Waals surface area contributed by atoms with Gasteiger partial charge in [-0.15, -0.1) is 0 Å². The Kier molecular flexibility index (Phi) is 9.89. The number of rotatable bonds is 12. The zero-order valence-corrected chi connectivity index (χ0v) is 28.1. The van der Waals surface area contributed by atoms with Crippen LogP contribution in [-0.4, -0.2) is 53.0 Å². The summed E-state index contributed by atoms with van der Waals surface area (Å²) in [5.41, 5.74) is 12.3. The number of benzene rings is 1. The van der Waals surface area contributed by atoms with Gasteiger partial charge in [-0.2, -0.15) is 0 Å². The monoisotopic (exact) mass is 676 g/mol. The first-order valence-corrected chi connectivity index (χ1v) is 17.0. The highest BCUT2D eigenvalue weighted by Crippen LogP contribution is 2.50. The lowest BCUT2D eigenvalue weighted by Gasteiger charge is -2.40. The van der Waals surface area contributed by atoms with Crippen LogP contribution >= 0.6 is 11.6 Å². The molecule has 0 bridgehead atoms. The molecule has 48 heavy (non-hydrogen) atoms. The fourth-order valence-electron chi connectivity index (χ4n) is 6.99. The third-order valence-corrected chi connectivity index (χ3v) is 10.3. The van der Waals surface area contributed by atoms with Gasteiger partial charge in [0.1, 0.15) is 11.6 Å². The van der Waals surface area contributed by atoms with E-state index >= 15 is 8.78 Å². The first-order chi connectivity index (χ1) is 23.1. The lowest BCUT2D eigenvalue weighted by Crippen LogP contribution is -2.58. The van der Waals surface area contributed by atoms with E-state index in [1.165, 1.54) is 50.1 Å². The second kappa shape index (κ2) is 14.1. The van der Waals surface area contributed by atoms with E-state index in [0.29, 0.717) is 30.2 Å². The van der Waals surface area contributed by atoms with Gasteiger partial charge in [-0.1, -0.05) is 56.0 Å². The summed E-state index contributed by atoms with van der Waals surface area (Å²) in [7, 11) is 0. The van der Waals surface area contributed by atoms with Crippen LogP contribution in [0.2, 0.25) is 5.02 Å². The molecule has 9 nitrogen and oxygen atoms in total. The van der Waals surface area contributed by atoms with E-state index in [0.717, 1.165) is 24.4 Å². The molecule has 12 heteroatoms. The van der Waals surface area contributed by atoms with E-state index in [9.17, 15) is 4.79 Å². The number of hydrogen-bond donors (Lipinski definition) is 4. The summed E-state index contributed by atoms with van der Waals surface area (Å²) >= 11 is 6.24. The number of aromatic nitrogens is 2. The van der Waals surface area contributed by atoms with Crippen molar-refractivity contribution in [3.8, 4) is 0 Å². The Morgan fingerprint density at radius 3 is 2.62 bits per heavy atom. The molecule has 2 fully saturated rings. The van der Waals surface area contributed by atoms with E-state index < -0.39 is 17.0 Å². The lowest BCUT2D eigenvalue weighted by atomic mass is 9.77. The summed E-state index contributed by atoms with van der Waals surface area (Å²) in [4.78, 5) is 25.3. The Hall–Kier alpha value is -4.22. The second-order valence-electron chi connectivity index (χ2n) is 13.2. The standard InChI is InChI=1S/C36H43ClF2N8O/c1-3-28(42-16-14-22-7-4-8-22)23-12-13-30(43-17-23)47-21-36(2,25-9-5-10-26(37)32(25)38)31-29(47)18-44-34(33(31)39)45-24-19-46(20-24)35(48)27(41)11-6-15-40/h5-6,9-13,15,17-18,22,24,28,42H,3-4,7-8,14,16,19-21,40-41H2,1-2H3,(H,44,45)/b15-6-,27-11-/t28?,36-/m1/s1. The summed E-state index contributed by atoms with van der Waals surface area (Å²) in [5, 5.41) is 6.79. The van der Waals surface area contributed by atoms with E-state index in [2.05, 4.69) is 28.6 Å². The number of likely N-dealkylation sites (tertiary alicyclic amines) is 1. The first kappa shape index (κ1) is 33.7. The molecule has 2 aromatic heterocycles. The van der Waals surface area contributed by atoms with Gasteiger partial charge in [-0.25, -0.2) is 18.7 Å². The molecule has 1 saturated heterocycles. The van der Waals surface area contributed by atoms with Crippen molar-refractivity contribution in [2.45, 2.75) is 63.5 Å². The normalized spacial score (nSPS) is 20.5. The number of allylic oxidation sites excluding steroid dienone is 2. The highest BCUT2D eigenvalue weighted by Gasteiger charge is 2.47. The molecule has 6 rings (SSSR count). The van der Waals surface area contributed by atoms with Gasteiger partial charge in [-0.05, 0) is 68.3 Å². The van der Waals surface area contributed by atoms with Gasteiger partial charge in [0.05, 0.1) is 28.6 Å². The molecule has 1 saturated carbocycles. The van der Waals surface area contributed by atoms with Crippen molar-refractivity contribution in [1.82, 2.24) is 20.2 Å². The zero-order valence-electron chi connectivity index (χ0n) is 27.4. The van der Waals surface area contributed by atoms with Crippen LogP contribution < -0.4 is 27.0 Å². The number of carbonyl (C=O) groups is 1. The minimum Gasteiger partial charge on any atom is -0.405 e. The van der Waals surface area contributed by atoms with Crippen LogP contribution in [0.4, 0.5) is 26.1 Å². The van der Waals surface area contributed by atoms with E-state index in [-0.39, 0.29) is 46.6 Å². The molecule has 3 aliphatic rings. The zero-order chi connectivity index (χ0) is 34.0. The van der Waals surface area contributed by atoms with Gasteiger partial charge in [0.15, 0.2) is 11.6 Å². The highest BCUT2D eigenvalue weighted by atomic mass is 35.5. The maximum atomic E-state index is 16.7. The molecule has 0 spiro atoms. The SMILES string of the molecule is CCC(NCCC1CCC1)c1ccc(N2C[C@](C)(c3cccc(Cl)c3F)c3c2cnc(NC2CN(C(=O)/C(N)=C/C=C\N)C2)c3F)nc1. The van der Waals surface area contributed by atoms with E-state index in [1.807, 2.05) is 24.1 Å². The largest absolute Gasteiger partial charge is 0.405 e. The summed E-state index contributed by atoms with van der Waals surface area (Å²) in [6.45, 7) is 5.80. The van der Waals surface area contributed by atoms with Gasteiger partial charge < -0.3 is 31.9 Å². The first-order valence-electron chi connectivity index (χ1n) is 16.6. The summed E-state index contributed by atoms with van der Waals surface area (Å²) < 4.78 is 32.3. The minimum absolute atomic E-state index is 0.0259. The van der Waals surface area contributed by atoms with Crippen molar-refractivity contribution in [2.24, 2.45) is 17.4 Å². The minimum atomic E-state index is -1.12. The van der Waals surface area contributed by atoms with Crippen LogP contribution in [0, 0.1) is 17.6 Å². The molecule has 254 valence electrons. The van der Waals surface area contributed by atoms with Crippen LogP contribution in [0.1, 0.15) is 68.7 Å². The molecule has 1 unspecified atom stereocenters. The number of halogens is 3. The molecule has 1 aliphatic carbocycles. The van der Waals surface area contributed by atoms with Crippen molar-refractivity contribution < 1.29 is 13.6 Å². The van der Waals surface area contributed by atoms with Gasteiger partial charge >= 0.3 is 0 Å². The molecule has 2 atom stereocenters. The molecule has 1 amide bonds. The molecule has 2 aliphatic heterocycles. The molecular weight excluding hydrogens is 634 g/mol. The van der Waals surface area contributed by atoms with Crippen molar-refractivity contribution in [3.05, 3.63) is 100 Å². The number of anilines is 3. The number of nitrogens with one attached hydrogen (secondary N) is 2. The molecule has 0 radical (unpaired) electrons. The van der Waals surface area contributed by atoms with Crippen molar-refractivity contribution in [3.63, 3.8) is 0 Å². The molecular formula is C36H43ClF2N8O. The average Bonchev–Trinajstić information content (AvgIpc) is 3.36. The van der Waals surface area contributed by atoms with Crippen LogP contribution in [0.15, 0.2) is 66.8 Å². The Labute approximate surface area is 285 Å². The van der Waals surface area contributed by atoms with E-state index in [4.69, 9.17) is 28.1 Å². The number of fused-ring (bicyclic) bond motifs is 1. The van der Waals surface area contributed by atoms with Gasteiger partial charge in [0.2, 0.25) is 0 Å². The Morgan fingerprint density at radius 1 is 1.17 bits per heavy atom. The smallest absolute Gasteiger partial charge is 0.269 e. The number of carbonyl (C=O) groups excluding carboxylic acids is 1. The molecule has 3 aromatic rings. The highest BCUT2D eigenvalue weighted by molar-refractivity contribution is 6.30. The third-order valence-electron chi connectivity index (χ3n) is 10.0. The van der Waals surface area contributed by atoms with Crippen molar-refractivity contribution >= 4 is 34.8 Å². The molecule has 6 N–H and O–H groups in total. The Balaban J connectivity index is 1.26. The number of nitrogens with zero attached hydrogens (tertiary/aromatic N) is 4. The average molecular weight is 677 g/mol. The predicted molar refractivity (Wildman–Crippen MR) is 186 cm³/mol. The maximum absolute atomic E-state index is 16.7. The quantitative estimate of drug-likeness (QED) is 0.135. The summed E-state index contributed by atoms with van der Waals surface area (Å²) in [6.07, 6.45) is 13.8. The lowest BCUT2D eigenvalue weighted by molar-refractivity contribution is -0.131. The maximum Gasteiger partial charge on any atom is 0.269 e. The van der Waals surface area contributed by atoms with Gasteiger partial charge in [-0.3, -0.25) is 4.79 Å². The Morgan fingerprint density at radius 2 is 1.96 bits per heavy atom. The van der Waals surface area contributed by atoms with Crippen LogP contribution in [0.5, 0.6) is 0 Å². The molecule has 1 aromatic carbocycles. The number of nitrogens with two attached hydrogens (primary N) is 2. The number of amides is 1. The topological polar surface area (TPSA) is 125 Å². The third kappa shape index (κ3) is 6.45. The summed E-state index contributed by atoms with van der Waals surface area (Å²) in [6, 6.07) is 8.72. The van der Waals surface area contributed by atoms with Crippen molar-refractivity contribution in [2.75, 3.05) is 36.4 Å². The van der Waals surface area contributed by atoms with Crippen molar-refractivity contribution in [1.29, 1.82) is 0 Å². The van der Waals surface area contributed by atoms with Gasteiger partial charge in [0.25, 0.3) is 5.91 Å². The van der Waals surface area contributed by atoms with E-state index in [1.54, 1.807) is 23.2 Å². The predicted octanol–water partition coefficient (Wildman–Crippen LogP) is 6.03. The van der Waals surface area contributed by atoms with Crippen LogP contribution in [-0.2, 0) is 10.2 Å². The number of pyridine rings is 2. The Bertz CT molecular complexity index is 1710. The van der Waals surface area contributed by atoms with Crippen LogP contribution in [0.25, 0.3) is 0 Å². The fraction of sp³-hybridized carbons (Fsp3) is 0.417. The van der Waals surface area contributed by atoms with Gasteiger partial charge in [0, 0.05) is 48.4 Å². The fourth-order valence-corrected chi connectivity index (χ4v) is 7.16. The number of hydrogen-bond acceptors (Lipinski definition) is 8.